The number of carbonyl (C=O) groups is 7. The summed E-state index contributed by atoms with van der Waals surface area (Å²) in [7, 11) is 0. The molecule has 0 aromatic carbocycles. The van der Waals surface area contributed by atoms with Gasteiger partial charge in [0.1, 0.15) is 262 Å². The molecule has 818 valence electrons. The molecule has 11 fully saturated rings. The van der Waals surface area contributed by atoms with Crippen molar-refractivity contribution in [1.29, 1.82) is 0 Å². The fourth-order valence-corrected chi connectivity index (χ4v) is 18.4. The molecule has 11 aliphatic heterocycles. The van der Waals surface area contributed by atoms with Gasteiger partial charge in [0.15, 0.2) is 69.2 Å². The molecule has 0 radical (unpaired) electrons. The zero-order chi connectivity index (χ0) is 105. The summed E-state index contributed by atoms with van der Waals surface area (Å²) in [5, 5.41) is 327. The number of hydrogen-bond acceptors (Lipinski definition) is 55. The number of rotatable bonds is 37. The summed E-state index contributed by atoms with van der Waals surface area (Å²) < 4.78 is 130. The zero-order valence-corrected chi connectivity index (χ0v) is 77.3. The summed E-state index contributed by atoms with van der Waals surface area (Å²) >= 11 is 0. The lowest BCUT2D eigenvalue weighted by atomic mass is 9.93. The predicted molar refractivity (Wildman–Crippen MR) is 442 cm³/mol. The Kier molecular flexibility index (Phi) is 42.1. The maximum Gasteiger partial charge on any atom is 0.217 e. The van der Waals surface area contributed by atoms with Crippen LogP contribution in [-0.4, -0.2) is 583 Å². The first-order valence-corrected chi connectivity index (χ1v) is 45.5. The van der Waals surface area contributed by atoms with E-state index >= 15 is 0 Å². The standard InChI is InChI=1S/C80H133N7O55/c1-19-44(102)58(116)60(118)77(125-19)123-17-35-65(56(114)37(70(121)126-35)81-20(2)95)137-76-43(87-26(8)101)57(115)63(32(14-93)132-76)138-78-62(120)67(140-80-69(142-75-42(86-25(7)100)55(113)49(107)31(13-92)131-75)61(119)64(33(15-94)133-80)136-72-39(83-22(4)97)52(110)46(104)28(10-89)128-72)66(139-73-40(84-23(5)98)53(111)47(105)29(11-90)129-73)36(135-78)18-124-79-68(141-74-41(85-24(6)99)54(112)48(106)30(12-91)130-74)59(117)50(108)34(134-79)16-122-71-38(82-21(3)96)51(109)45(103)27(9-88)127-71/h19,27-80,88-94,102-121H,9-18H2,1-8H3,(H,81,95)(H,82,96)(H,83,97)(H,84,98)(H,85,99)(H,86,100)(H,87,101)/t19-,27-,28-,29-,30-,31-,32-,33-,34-,35-,36-,37-,38-,39-,40-,41-,42+,43-,44+,45-,46-,47-,48-,49-,50-,51-,52-,53-,54-,55-,56-,57-,58+,59+,60-,61+,62+,63-,64-,65-,66-,67-,68+,69+,70-,71-,72+,73+,74+,75+,76+,77+,78+,79+,80-/m1/s1. The van der Waals surface area contributed by atoms with Gasteiger partial charge in [-0.25, -0.2) is 0 Å². The van der Waals surface area contributed by atoms with Gasteiger partial charge in [-0.05, 0) is 6.92 Å². The minimum atomic E-state index is -2.90. The van der Waals surface area contributed by atoms with Gasteiger partial charge in [0.05, 0.1) is 72.2 Å². The highest BCUT2D eigenvalue weighted by Gasteiger charge is 2.64. The number of aliphatic hydroxyl groups excluding tert-OH is 27. The van der Waals surface area contributed by atoms with Crippen molar-refractivity contribution >= 4 is 41.4 Å². The van der Waals surface area contributed by atoms with Gasteiger partial charge in [-0.1, -0.05) is 0 Å². The van der Waals surface area contributed by atoms with Gasteiger partial charge in [-0.2, -0.15) is 0 Å². The molecule has 0 saturated carbocycles. The Balaban J connectivity index is 1.08. The monoisotopic (exact) mass is 2070 g/mol. The molecule has 11 aliphatic rings. The fraction of sp³-hybridized carbons (Fsp3) is 0.912. The molecule has 0 bridgehead atoms. The molecule has 62 heteroatoms. The number of amides is 7. The van der Waals surface area contributed by atoms with Crippen LogP contribution >= 0.6 is 0 Å². The molecule has 34 N–H and O–H groups in total. The van der Waals surface area contributed by atoms with Crippen LogP contribution in [0.1, 0.15) is 55.4 Å². The second kappa shape index (κ2) is 51.3. The van der Waals surface area contributed by atoms with Crippen LogP contribution in [0.15, 0.2) is 0 Å². The van der Waals surface area contributed by atoms with Gasteiger partial charge in [-0.3, -0.25) is 33.6 Å². The Morgan fingerprint density at radius 2 is 0.451 bits per heavy atom. The molecule has 0 spiro atoms. The topological polar surface area (TPSA) is 944 Å². The lowest BCUT2D eigenvalue weighted by molar-refractivity contribution is -0.412. The van der Waals surface area contributed by atoms with Crippen LogP contribution < -0.4 is 37.2 Å². The molecule has 142 heavy (non-hydrogen) atoms. The smallest absolute Gasteiger partial charge is 0.217 e. The Morgan fingerprint density at radius 3 is 0.838 bits per heavy atom. The molecular weight excluding hydrogens is 1940 g/mol. The molecule has 7 amide bonds. The average molecular weight is 2070 g/mol. The Bertz CT molecular complexity index is 4030. The van der Waals surface area contributed by atoms with E-state index in [0.29, 0.717) is 0 Å². The third kappa shape index (κ3) is 26.7. The van der Waals surface area contributed by atoms with Crippen LogP contribution in [0.25, 0.3) is 0 Å². The van der Waals surface area contributed by atoms with E-state index in [2.05, 4.69) is 37.2 Å². The first-order chi connectivity index (χ1) is 67.0. The Hall–Kier alpha value is -5.63. The van der Waals surface area contributed by atoms with Crippen molar-refractivity contribution < 1.29 is 271 Å². The van der Waals surface area contributed by atoms with E-state index in [0.717, 1.165) is 48.5 Å². The molecule has 0 aliphatic carbocycles. The summed E-state index contributed by atoms with van der Waals surface area (Å²) in [6.45, 7) is -4.24. The second-order valence-electron chi connectivity index (χ2n) is 36.0. The summed E-state index contributed by atoms with van der Waals surface area (Å²) in [4.78, 5) is 91.4. The van der Waals surface area contributed by atoms with Gasteiger partial charge in [0.25, 0.3) is 0 Å². The number of aliphatic hydroxyl groups is 27. The van der Waals surface area contributed by atoms with Crippen LogP contribution in [0, 0.1) is 0 Å². The largest absolute Gasteiger partial charge is 0.394 e. The van der Waals surface area contributed by atoms with Crippen molar-refractivity contribution in [1.82, 2.24) is 37.2 Å². The number of hydrogen-bond donors (Lipinski definition) is 34. The number of ether oxygens (including phenoxy) is 21. The molecule has 0 unspecified atom stereocenters. The SMILES string of the molecule is CC(=O)N[C@@H]1[C@H](O[C@@H]2[C@@H](O[C@@H]3[C@H](O)[C@H](O[C@H]4[C@H](O)[C@@H](NC(C)=O)[C@H](O[C@H]5[C@H](O)[C@@H](NC(C)=O)[C@H](O)O[C@@H]5CO[C@H]5O[C@H](C)[C@H](O)[C@H](O)[C@H]5O)O[C@@H]4CO)O[C@H](CO[C@H]4O[C@H](CO[C@@H]5O[C@H](CO)[C@@H](O)[C@H](O)[C@H]5NC(C)=O)[C@@H](O)[C@H](O)[C@@H]4O[C@@H]4O[C@H](CO)[C@@H](O)[C@H](O)[C@H]4NC(C)=O)[C@H]3O[C@@H]3O[C@H](CO)[C@@H](O)[C@H](O)[C@H]3NC(C)=O)O[C@H](CO)[C@@H](O[C@@H]3O[C@H](CO)[C@@H](O)[C@H](O)[C@H]3NC(C)=O)[C@@H]2O)O[C@H](CO)[C@@H](O)[C@@H]1O. The maximum atomic E-state index is 13.8. The Morgan fingerprint density at radius 1 is 0.197 bits per heavy atom. The fourth-order valence-electron chi connectivity index (χ4n) is 18.4. The van der Waals surface area contributed by atoms with Crippen molar-refractivity contribution in [2.24, 2.45) is 0 Å². The molecule has 11 rings (SSSR count). The minimum Gasteiger partial charge on any atom is -0.394 e. The molecule has 11 heterocycles. The summed E-state index contributed by atoms with van der Waals surface area (Å²) in [6.07, 6.45) is -106. The Labute approximate surface area is 805 Å². The summed E-state index contributed by atoms with van der Waals surface area (Å²) in [5.74, 6) is -6.81. The molecule has 0 aromatic heterocycles. The van der Waals surface area contributed by atoms with Crippen molar-refractivity contribution in [3.8, 4) is 0 Å². The summed E-state index contributed by atoms with van der Waals surface area (Å²) in [5.41, 5.74) is 0. The van der Waals surface area contributed by atoms with Crippen LogP contribution in [0.5, 0.6) is 0 Å². The quantitative estimate of drug-likeness (QED) is 0.0275. The van der Waals surface area contributed by atoms with E-state index in [1.807, 2.05) is 0 Å². The lowest BCUT2D eigenvalue weighted by Crippen LogP contribution is -2.72. The van der Waals surface area contributed by atoms with Gasteiger partial charge in [-0.15, -0.1) is 0 Å². The molecule has 11 saturated heterocycles. The highest BCUT2D eigenvalue weighted by atomic mass is 16.8. The van der Waals surface area contributed by atoms with E-state index in [1.54, 1.807) is 0 Å². The van der Waals surface area contributed by atoms with Crippen LogP contribution in [0.4, 0.5) is 0 Å². The van der Waals surface area contributed by atoms with Gasteiger partial charge < -0.3 is 275 Å². The van der Waals surface area contributed by atoms with Crippen LogP contribution in [-0.2, 0) is 133 Å². The first kappa shape index (κ1) is 117. The molecule has 55 atom stereocenters. The third-order valence-corrected chi connectivity index (χ3v) is 25.7. The van der Waals surface area contributed by atoms with Crippen molar-refractivity contribution in [2.75, 3.05) is 66.1 Å². The highest BCUT2D eigenvalue weighted by molar-refractivity contribution is 5.75. The second-order valence-corrected chi connectivity index (χ2v) is 36.0. The molecule has 0 aromatic rings. The first-order valence-electron chi connectivity index (χ1n) is 45.5. The lowest BCUT2D eigenvalue weighted by Gasteiger charge is -2.53. The van der Waals surface area contributed by atoms with Crippen molar-refractivity contribution in [3.63, 3.8) is 0 Å². The van der Waals surface area contributed by atoms with Gasteiger partial charge in [0, 0.05) is 48.5 Å². The van der Waals surface area contributed by atoms with Crippen LogP contribution in [0.2, 0.25) is 0 Å². The predicted octanol–water partition coefficient (Wildman–Crippen LogP) is -22.9. The molecule has 62 nitrogen and oxygen atoms in total. The van der Waals surface area contributed by atoms with Crippen LogP contribution in [0.3, 0.4) is 0 Å². The molecular formula is C80H133N7O55. The zero-order valence-electron chi connectivity index (χ0n) is 77.3. The van der Waals surface area contributed by atoms with Crippen molar-refractivity contribution in [3.05, 3.63) is 0 Å². The highest BCUT2D eigenvalue weighted by Crippen LogP contribution is 2.43. The van der Waals surface area contributed by atoms with Gasteiger partial charge in [0.2, 0.25) is 41.4 Å². The average Bonchev–Trinajstić information content (AvgIpc) is 0.750. The third-order valence-electron chi connectivity index (χ3n) is 25.7. The van der Waals surface area contributed by atoms with E-state index in [9.17, 15) is 171 Å². The maximum absolute atomic E-state index is 13.8. The van der Waals surface area contributed by atoms with E-state index in [-0.39, 0.29) is 0 Å². The van der Waals surface area contributed by atoms with E-state index < -0.39 is 445 Å². The normalized spacial score (nSPS) is 47.5. The number of nitrogens with one attached hydrogen (secondary N) is 7. The van der Waals surface area contributed by atoms with Gasteiger partial charge >= 0.3 is 0 Å². The van der Waals surface area contributed by atoms with E-state index in [1.165, 1.54) is 6.92 Å². The minimum absolute atomic E-state index is 0.866. The van der Waals surface area contributed by atoms with Crippen molar-refractivity contribution in [2.45, 2.75) is 393 Å². The number of carbonyl (C=O) groups excluding carboxylic acids is 7. The summed E-state index contributed by atoms with van der Waals surface area (Å²) in [6, 6.07) is -13.8. The van der Waals surface area contributed by atoms with E-state index in [4.69, 9.17) is 99.5 Å².